The number of carbonyl (C=O) groups excluding carboxylic acids is 3. The predicted molar refractivity (Wildman–Crippen MR) is 156 cm³/mol. The monoisotopic (exact) mass is 561 g/mol. The third kappa shape index (κ3) is 7.58. The van der Waals surface area contributed by atoms with Gasteiger partial charge >= 0.3 is 6.09 Å². The first-order valence-electron chi connectivity index (χ1n) is 13.8. The summed E-state index contributed by atoms with van der Waals surface area (Å²) < 4.78 is 5.36. The predicted octanol–water partition coefficient (Wildman–Crippen LogP) is 3.81. The molecule has 3 aromatic rings. The summed E-state index contributed by atoms with van der Waals surface area (Å²) in [7, 11) is 0. The molecule has 1 aliphatic heterocycles. The first kappa shape index (κ1) is 29.9. The second kappa shape index (κ2) is 11.8. The lowest BCUT2D eigenvalue weighted by atomic mass is 9.85. The van der Waals surface area contributed by atoms with E-state index in [0.717, 1.165) is 27.6 Å². The summed E-state index contributed by atoms with van der Waals surface area (Å²) >= 11 is 0. The molecule has 0 spiro atoms. The number of nitrogens with one attached hydrogen (secondary N) is 2. The van der Waals surface area contributed by atoms with Crippen molar-refractivity contribution in [2.75, 3.05) is 6.54 Å². The number of hydrogen-bond acceptors (Lipinski definition) is 7. The van der Waals surface area contributed by atoms with Gasteiger partial charge < -0.3 is 25.4 Å². The lowest BCUT2D eigenvalue weighted by Crippen LogP contribution is -2.58. The Balaban J connectivity index is 1.41. The number of fused-ring (bicyclic) bond motifs is 1. The number of likely N-dealkylation sites (tertiary alicyclic amines) is 1. The van der Waals surface area contributed by atoms with Crippen LogP contribution in [0.5, 0.6) is 0 Å². The topological polar surface area (TPSA) is 134 Å². The molecule has 1 aromatic heterocycles. The Labute approximate surface area is 240 Å². The number of carbonyl (C=O) groups is 3. The first-order valence-corrected chi connectivity index (χ1v) is 13.8. The van der Waals surface area contributed by atoms with Crippen LogP contribution >= 0.6 is 0 Å². The van der Waals surface area contributed by atoms with Gasteiger partial charge in [0.2, 0.25) is 11.8 Å². The number of aliphatic hydroxyl groups is 1. The molecule has 3 amide bonds. The molecule has 10 nitrogen and oxygen atoms in total. The number of rotatable bonds is 6. The van der Waals surface area contributed by atoms with E-state index in [1.807, 2.05) is 63.2 Å². The maximum atomic E-state index is 13.6. The highest BCUT2D eigenvalue weighted by molar-refractivity contribution is 5.92. The minimum absolute atomic E-state index is 0.00495. The van der Waals surface area contributed by atoms with Gasteiger partial charge in [-0.3, -0.25) is 9.59 Å². The number of aliphatic hydroxyl groups excluding tert-OH is 1. The van der Waals surface area contributed by atoms with E-state index in [0.29, 0.717) is 0 Å². The van der Waals surface area contributed by atoms with Gasteiger partial charge in [-0.15, -0.1) is 0 Å². The molecule has 1 fully saturated rings. The van der Waals surface area contributed by atoms with Gasteiger partial charge in [0, 0.05) is 31.1 Å². The molecule has 1 saturated heterocycles. The van der Waals surface area contributed by atoms with Crippen LogP contribution in [0.4, 0.5) is 4.79 Å². The van der Waals surface area contributed by atoms with Gasteiger partial charge in [0.05, 0.1) is 11.6 Å². The van der Waals surface area contributed by atoms with Crippen molar-refractivity contribution in [3.63, 3.8) is 0 Å². The first-order chi connectivity index (χ1) is 19.2. The minimum Gasteiger partial charge on any atom is -0.444 e. The average Bonchev–Trinajstić information content (AvgIpc) is 3.30. The Morgan fingerprint density at radius 1 is 1.05 bits per heavy atom. The van der Waals surface area contributed by atoms with Crippen molar-refractivity contribution in [2.45, 2.75) is 78.3 Å². The lowest BCUT2D eigenvalue weighted by molar-refractivity contribution is -0.142. The minimum atomic E-state index is -0.952. The number of ether oxygens (including phenoxy) is 1. The van der Waals surface area contributed by atoms with Gasteiger partial charge in [-0.05, 0) is 55.0 Å². The number of alkyl carbamates (subject to hydrolysis) is 1. The molecular weight excluding hydrogens is 522 g/mol. The van der Waals surface area contributed by atoms with Crippen LogP contribution in [0, 0.1) is 5.41 Å². The number of benzene rings is 2. The van der Waals surface area contributed by atoms with E-state index in [1.165, 1.54) is 11.2 Å². The Morgan fingerprint density at radius 2 is 1.73 bits per heavy atom. The van der Waals surface area contributed by atoms with E-state index in [-0.39, 0.29) is 25.4 Å². The normalized spacial score (nSPS) is 18.2. The summed E-state index contributed by atoms with van der Waals surface area (Å²) in [6.07, 6.45) is 1.86. The highest BCUT2D eigenvalue weighted by Crippen LogP contribution is 2.27. The molecule has 2 heterocycles. The highest BCUT2D eigenvalue weighted by atomic mass is 16.6. The Bertz CT molecular complexity index is 1410. The molecule has 0 bridgehead atoms. The van der Waals surface area contributed by atoms with Gasteiger partial charge in [0.25, 0.3) is 0 Å². The molecule has 0 saturated carbocycles. The van der Waals surface area contributed by atoms with Crippen LogP contribution in [-0.2, 0) is 20.9 Å². The fourth-order valence-electron chi connectivity index (χ4n) is 4.83. The summed E-state index contributed by atoms with van der Waals surface area (Å²) in [5.41, 5.74) is 2.42. The van der Waals surface area contributed by atoms with E-state index in [9.17, 15) is 19.5 Å². The van der Waals surface area contributed by atoms with E-state index >= 15 is 0 Å². The van der Waals surface area contributed by atoms with Gasteiger partial charge in [0.15, 0.2) is 0 Å². The zero-order chi connectivity index (χ0) is 29.9. The van der Waals surface area contributed by atoms with Crippen molar-refractivity contribution in [2.24, 2.45) is 5.41 Å². The summed E-state index contributed by atoms with van der Waals surface area (Å²) in [4.78, 5) is 49.1. The van der Waals surface area contributed by atoms with Gasteiger partial charge in [-0.1, -0.05) is 51.1 Å². The molecule has 2 aromatic carbocycles. The highest BCUT2D eigenvalue weighted by Gasteiger charge is 2.44. The van der Waals surface area contributed by atoms with E-state index in [4.69, 9.17) is 4.74 Å². The largest absolute Gasteiger partial charge is 0.444 e. The molecule has 0 radical (unpaired) electrons. The van der Waals surface area contributed by atoms with E-state index < -0.39 is 41.2 Å². The zero-order valence-electron chi connectivity index (χ0n) is 24.5. The molecule has 218 valence electrons. The summed E-state index contributed by atoms with van der Waals surface area (Å²) in [6, 6.07) is 12.0. The standard InChI is InChI=1S/C31H39N5O5/c1-30(2,3)26(35-29(40)41-31(4,5)6)28(39)36-17-23(37)14-25(36)27(38)33-15-19-7-9-20(10-8-19)21-11-12-24-22(13-21)16-32-18-34-24/h7-13,16,18,23,25-26,37H,14-15,17H2,1-6H3,(H,33,38)(H,35,40)/t23-,25+,26-/m1/s1. The SMILES string of the molecule is CC(C)(C)OC(=O)N[C@H](C(=O)N1C[C@H](O)C[C@H]1C(=O)NCc1ccc(-c2ccc3ncncc3c2)cc1)C(C)(C)C. The fraction of sp³-hybridized carbons (Fsp3) is 0.452. The quantitative estimate of drug-likeness (QED) is 0.417. The Morgan fingerprint density at radius 3 is 2.39 bits per heavy atom. The Hall–Kier alpha value is -4.05. The van der Waals surface area contributed by atoms with Crippen LogP contribution < -0.4 is 10.6 Å². The van der Waals surface area contributed by atoms with Gasteiger partial charge in [0.1, 0.15) is 24.0 Å². The lowest BCUT2D eigenvalue weighted by Gasteiger charge is -2.35. The van der Waals surface area contributed by atoms with Crippen molar-refractivity contribution in [1.82, 2.24) is 25.5 Å². The second-order valence-electron chi connectivity index (χ2n) is 12.6. The summed E-state index contributed by atoms with van der Waals surface area (Å²) in [5, 5.41) is 16.9. The van der Waals surface area contributed by atoms with Crippen molar-refractivity contribution < 1.29 is 24.2 Å². The Kier molecular flexibility index (Phi) is 8.63. The van der Waals surface area contributed by atoms with Crippen molar-refractivity contribution in [1.29, 1.82) is 0 Å². The third-order valence-corrected chi connectivity index (χ3v) is 6.90. The van der Waals surface area contributed by atoms with Crippen LogP contribution in [0.25, 0.3) is 22.0 Å². The molecule has 1 aliphatic rings. The van der Waals surface area contributed by atoms with Crippen molar-refractivity contribution in [3.05, 3.63) is 60.6 Å². The maximum Gasteiger partial charge on any atom is 0.408 e. The van der Waals surface area contributed by atoms with Gasteiger partial charge in [-0.25, -0.2) is 14.8 Å². The molecule has 10 heteroatoms. The summed E-state index contributed by atoms with van der Waals surface area (Å²) in [6.45, 7) is 11.0. The van der Waals surface area contributed by atoms with E-state index in [1.54, 1.807) is 27.0 Å². The van der Waals surface area contributed by atoms with Crippen LogP contribution in [0.15, 0.2) is 55.0 Å². The third-order valence-electron chi connectivity index (χ3n) is 6.90. The van der Waals surface area contributed by atoms with Crippen molar-refractivity contribution >= 4 is 28.8 Å². The smallest absolute Gasteiger partial charge is 0.408 e. The van der Waals surface area contributed by atoms with E-state index in [2.05, 4.69) is 20.6 Å². The molecule has 0 aliphatic carbocycles. The molecule has 4 rings (SSSR count). The van der Waals surface area contributed by atoms with Crippen LogP contribution in [0.1, 0.15) is 53.5 Å². The maximum absolute atomic E-state index is 13.6. The number of nitrogens with zero attached hydrogens (tertiary/aromatic N) is 3. The number of amides is 3. The van der Waals surface area contributed by atoms with Gasteiger partial charge in [-0.2, -0.15) is 0 Å². The fourth-order valence-corrected chi connectivity index (χ4v) is 4.83. The number of aromatic nitrogens is 2. The number of β-amino-alcohol motifs (C(OH)–C–C–N with tert-alkyl or cyclic N) is 1. The number of hydrogen-bond donors (Lipinski definition) is 3. The average molecular weight is 562 g/mol. The summed E-state index contributed by atoms with van der Waals surface area (Å²) in [5.74, 6) is -0.802. The molecule has 3 N–H and O–H groups in total. The zero-order valence-corrected chi connectivity index (χ0v) is 24.5. The van der Waals surface area contributed by atoms with Crippen LogP contribution in [0.2, 0.25) is 0 Å². The van der Waals surface area contributed by atoms with Crippen LogP contribution in [0.3, 0.4) is 0 Å². The van der Waals surface area contributed by atoms with Crippen LogP contribution in [-0.4, -0.2) is 68.2 Å². The molecule has 41 heavy (non-hydrogen) atoms. The van der Waals surface area contributed by atoms with Crippen molar-refractivity contribution in [3.8, 4) is 11.1 Å². The molecule has 0 unspecified atom stereocenters. The molecule has 3 atom stereocenters. The molecular formula is C31H39N5O5. The second-order valence-corrected chi connectivity index (χ2v) is 12.6.